The van der Waals surface area contributed by atoms with Gasteiger partial charge in [0.1, 0.15) is 0 Å². The standard InChI is InChI=1S/C16H20F2N2/c1-7-2-5-10(15(18)14(7)17)16(20-19)13-11-8-3-4-9(6-8)12(11)13/h2,5,8-9,11-13,16,20H,3-4,6,19H2,1H3. The van der Waals surface area contributed by atoms with Gasteiger partial charge in [-0.05, 0) is 61.3 Å². The van der Waals surface area contributed by atoms with Gasteiger partial charge in [-0.15, -0.1) is 0 Å². The third-order valence-electron chi connectivity index (χ3n) is 6.00. The Labute approximate surface area is 117 Å². The van der Waals surface area contributed by atoms with Crippen LogP contribution in [0.1, 0.15) is 36.4 Å². The van der Waals surface area contributed by atoms with E-state index in [2.05, 4.69) is 5.43 Å². The fourth-order valence-electron chi connectivity index (χ4n) is 5.15. The van der Waals surface area contributed by atoms with Crippen LogP contribution in [0.2, 0.25) is 0 Å². The van der Waals surface area contributed by atoms with Crippen LogP contribution >= 0.6 is 0 Å². The maximum Gasteiger partial charge on any atom is 0.163 e. The molecular weight excluding hydrogens is 258 g/mol. The Balaban J connectivity index is 1.66. The number of rotatable bonds is 3. The molecule has 2 bridgehead atoms. The Morgan fingerprint density at radius 2 is 1.80 bits per heavy atom. The number of benzene rings is 1. The molecule has 0 aliphatic heterocycles. The molecule has 1 aromatic carbocycles. The van der Waals surface area contributed by atoms with Crippen molar-refractivity contribution in [3.63, 3.8) is 0 Å². The van der Waals surface area contributed by atoms with Gasteiger partial charge in [-0.3, -0.25) is 11.3 Å². The van der Waals surface area contributed by atoms with E-state index in [-0.39, 0.29) is 6.04 Å². The van der Waals surface area contributed by atoms with Crippen LogP contribution in [-0.2, 0) is 0 Å². The second kappa shape index (κ2) is 4.25. The van der Waals surface area contributed by atoms with Gasteiger partial charge >= 0.3 is 0 Å². The molecule has 3 fully saturated rings. The molecule has 4 heteroatoms. The normalized spacial score (nSPS) is 38.9. The summed E-state index contributed by atoms with van der Waals surface area (Å²) in [6.45, 7) is 1.58. The fourth-order valence-corrected chi connectivity index (χ4v) is 5.15. The van der Waals surface area contributed by atoms with Crippen LogP contribution in [0.3, 0.4) is 0 Å². The van der Waals surface area contributed by atoms with Gasteiger partial charge in [-0.2, -0.15) is 0 Å². The Hall–Kier alpha value is -1.00. The molecule has 0 spiro atoms. The molecule has 0 heterocycles. The molecule has 3 aliphatic carbocycles. The molecule has 3 aliphatic rings. The van der Waals surface area contributed by atoms with Gasteiger partial charge in [0.05, 0.1) is 6.04 Å². The molecule has 0 radical (unpaired) electrons. The molecule has 3 saturated carbocycles. The average molecular weight is 278 g/mol. The summed E-state index contributed by atoms with van der Waals surface area (Å²) in [5.74, 6) is 7.55. The fraction of sp³-hybridized carbons (Fsp3) is 0.625. The molecule has 108 valence electrons. The van der Waals surface area contributed by atoms with Gasteiger partial charge in [0.2, 0.25) is 0 Å². The van der Waals surface area contributed by atoms with Crippen LogP contribution in [0.5, 0.6) is 0 Å². The molecule has 5 unspecified atom stereocenters. The van der Waals surface area contributed by atoms with Gasteiger partial charge in [0.25, 0.3) is 0 Å². The monoisotopic (exact) mass is 278 g/mol. The van der Waals surface area contributed by atoms with Crippen molar-refractivity contribution >= 4 is 0 Å². The summed E-state index contributed by atoms with van der Waals surface area (Å²) in [4.78, 5) is 0. The molecular formula is C16H20F2N2. The molecule has 0 saturated heterocycles. The van der Waals surface area contributed by atoms with E-state index in [4.69, 9.17) is 5.84 Å². The van der Waals surface area contributed by atoms with Gasteiger partial charge in [-0.1, -0.05) is 12.1 Å². The van der Waals surface area contributed by atoms with Crippen molar-refractivity contribution in [1.29, 1.82) is 0 Å². The minimum Gasteiger partial charge on any atom is -0.271 e. The number of hydrazine groups is 1. The first-order valence-electron chi connectivity index (χ1n) is 7.54. The Morgan fingerprint density at radius 3 is 2.40 bits per heavy atom. The zero-order valence-electron chi connectivity index (χ0n) is 11.6. The van der Waals surface area contributed by atoms with E-state index in [1.807, 2.05) is 0 Å². The van der Waals surface area contributed by atoms with Gasteiger partial charge in [0, 0.05) is 5.56 Å². The lowest BCUT2D eigenvalue weighted by atomic mass is 9.92. The highest BCUT2D eigenvalue weighted by molar-refractivity contribution is 5.31. The predicted octanol–water partition coefficient (Wildman–Crippen LogP) is 3.07. The highest BCUT2D eigenvalue weighted by Crippen LogP contribution is 2.72. The summed E-state index contributed by atoms with van der Waals surface area (Å²) in [7, 11) is 0. The summed E-state index contributed by atoms with van der Waals surface area (Å²) >= 11 is 0. The van der Waals surface area contributed by atoms with Gasteiger partial charge in [-0.25, -0.2) is 8.78 Å². The lowest BCUT2D eigenvalue weighted by molar-refractivity contribution is 0.360. The summed E-state index contributed by atoms with van der Waals surface area (Å²) in [6.07, 6.45) is 3.96. The van der Waals surface area contributed by atoms with E-state index in [1.165, 1.54) is 19.3 Å². The van der Waals surface area contributed by atoms with E-state index in [0.29, 0.717) is 28.9 Å². The van der Waals surface area contributed by atoms with Crippen molar-refractivity contribution in [3.05, 3.63) is 34.9 Å². The maximum atomic E-state index is 14.2. The third-order valence-corrected chi connectivity index (χ3v) is 6.00. The quantitative estimate of drug-likeness (QED) is 0.658. The summed E-state index contributed by atoms with van der Waals surface area (Å²) in [5, 5.41) is 0. The van der Waals surface area contributed by atoms with Crippen LogP contribution in [0.25, 0.3) is 0 Å². The van der Waals surface area contributed by atoms with E-state index in [1.54, 1.807) is 19.1 Å². The van der Waals surface area contributed by atoms with Crippen molar-refractivity contribution in [2.24, 2.45) is 35.4 Å². The largest absolute Gasteiger partial charge is 0.271 e. The first kappa shape index (κ1) is 12.7. The van der Waals surface area contributed by atoms with Crippen LogP contribution in [0, 0.1) is 48.1 Å². The summed E-state index contributed by atoms with van der Waals surface area (Å²) < 4.78 is 28.0. The maximum absolute atomic E-state index is 14.2. The number of hydrogen-bond acceptors (Lipinski definition) is 2. The molecule has 1 aromatic rings. The minimum absolute atomic E-state index is 0.247. The zero-order chi connectivity index (χ0) is 14.0. The summed E-state index contributed by atoms with van der Waals surface area (Å²) in [5.41, 5.74) is 3.50. The van der Waals surface area contributed by atoms with E-state index >= 15 is 0 Å². The lowest BCUT2D eigenvalue weighted by Gasteiger charge is -2.21. The highest BCUT2D eigenvalue weighted by atomic mass is 19.2. The second-order valence-corrected chi connectivity index (χ2v) is 6.81. The predicted molar refractivity (Wildman–Crippen MR) is 72.5 cm³/mol. The number of hydrogen-bond donors (Lipinski definition) is 2. The number of nitrogens with one attached hydrogen (secondary N) is 1. The molecule has 0 amide bonds. The Bertz CT molecular complexity index is 544. The number of nitrogens with two attached hydrogens (primary N) is 1. The van der Waals surface area contributed by atoms with Crippen molar-refractivity contribution < 1.29 is 8.78 Å². The summed E-state index contributed by atoms with van der Waals surface area (Å²) in [6, 6.07) is 3.09. The Kier molecular flexibility index (Phi) is 2.70. The molecule has 3 N–H and O–H groups in total. The third kappa shape index (κ3) is 1.55. The molecule has 0 aromatic heterocycles. The van der Waals surface area contributed by atoms with E-state index in [9.17, 15) is 8.78 Å². The zero-order valence-corrected chi connectivity index (χ0v) is 11.6. The first-order valence-corrected chi connectivity index (χ1v) is 7.54. The van der Waals surface area contributed by atoms with Crippen molar-refractivity contribution in [3.8, 4) is 0 Å². The average Bonchev–Trinajstić information content (AvgIpc) is 2.86. The molecule has 4 rings (SSSR count). The molecule has 20 heavy (non-hydrogen) atoms. The molecule has 2 nitrogen and oxygen atoms in total. The van der Waals surface area contributed by atoms with Crippen LogP contribution < -0.4 is 11.3 Å². The SMILES string of the molecule is Cc1ccc(C(NN)C2C3C4CCC(C4)C32)c(F)c1F. The number of aryl methyl sites for hydroxylation is 1. The minimum atomic E-state index is -0.739. The first-order chi connectivity index (χ1) is 9.63. The molecule has 5 atom stereocenters. The number of fused-ring (bicyclic) bond motifs is 5. The van der Waals surface area contributed by atoms with Crippen LogP contribution in [-0.4, -0.2) is 0 Å². The topological polar surface area (TPSA) is 38.0 Å². The lowest BCUT2D eigenvalue weighted by Crippen LogP contribution is -2.32. The van der Waals surface area contributed by atoms with E-state index < -0.39 is 11.6 Å². The van der Waals surface area contributed by atoms with Crippen molar-refractivity contribution in [1.82, 2.24) is 5.43 Å². The van der Waals surface area contributed by atoms with Crippen molar-refractivity contribution in [2.45, 2.75) is 32.2 Å². The number of halogens is 2. The van der Waals surface area contributed by atoms with Crippen LogP contribution in [0.15, 0.2) is 12.1 Å². The van der Waals surface area contributed by atoms with Gasteiger partial charge in [0.15, 0.2) is 11.6 Å². The van der Waals surface area contributed by atoms with Crippen molar-refractivity contribution in [2.75, 3.05) is 0 Å². The van der Waals surface area contributed by atoms with Gasteiger partial charge < -0.3 is 0 Å². The van der Waals surface area contributed by atoms with Crippen LogP contribution in [0.4, 0.5) is 8.78 Å². The highest BCUT2D eigenvalue weighted by Gasteiger charge is 2.66. The smallest absolute Gasteiger partial charge is 0.163 e. The Morgan fingerprint density at radius 1 is 1.15 bits per heavy atom. The second-order valence-electron chi connectivity index (χ2n) is 6.81. The van der Waals surface area contributed by atoms with E-state index in [0.717, 1.165) is 11.8 Å².